The van der Waals surface area contributed by atoms with Gasteiger partial charge in [0.1, 0.15) is 12.1 Å². The molecular formula is C39H53F3N6O6. The van der Waals surface area contributed by atoms with Gasteiger partial charge in [-0.25, -0.2) is 4.79 Å². The van der Waals surface area contributed by atoms with Gasteiger partial charge in [-0.1, -0.05) is 65.0 Å². The molecule has 15 heteroatoms. The monoisotopic (exact) mass is 758 g/mol. The van der Waals surface area contributed by atoms with Crippen LogP contribution >= 0.6 is 0 Å². The number of carbonyl (C=O) groups is 6. The molecule has 5 atom stereocenters. The number of nitrogens with one attached hydrogen (secondary N) is 4. The molecule has 1 fully saturated rings. The van der Waals surface area contributed by atoms with Crippen molar-refractivity contribution < 1.29 is 41.9 Å². The van der Waals surface area contributed by atoms with E-state index in [4.69, 9.17) is 6.42 Å². The SMILES string of the molecule is C#CCCC(NC(=O)[C@@H]1C(C(C)C)CCN1C(=O)[C@@H](NC(=O)N[C@H](CN(C)C(=O)C(F)(F)F)C(C)(C)C)C1Cc2ccccc2C1)C(=O)C(=O)NCC=C. The maximum absolute atomic E-state index is 14.7. The highest BCUT2D eigenvalue weighted by Gasteiger charge is 2.48. The summed E-state index contributed by atoms with van der Waals surface area (Å²) in [6, 6.07) is 2.32. The van der Waals surface area contributed by atoms with Crippen LogP contribution in [0.5, 0.6) is 0 Å². The van der Waals surface area contributed by atoms with E-state index in [0.29, 0.717) is 24.2 Å². The molecule has 1 aromatic carbocycles. The fourth-order valence-electron chi connectivity index (χ4n) is 7.10. The Morgan fingerprint density at radius 2 is 1.65 bits per heavy atom. The number of hydrogen-bond acceptors (Lipinski definition) is 6. The number of urea groups is 1. The Balaban J connectivity index is 1.95. The van der Waals surface area contributed by atoms with Crippen LogP contribution in [-0.2, 0) is 36.8 Å². The maximum atomic E-state index is 14.7. The number of terminal acetylenes is 1. The van der Waals surface area contributed by atoms with Gasteiger partial charge < -0.3 is 31.1 Å². The van der Waals surface area contributed by atoms with E-state index in [1.165, 1.54) is 11.0 Å². The van der Waals surface area contributed by atoms with Gasteiger partial charge in [0.25, 0.3) is 5.91 Å². The molecule has 12 nitrogen and oxygen atoms in total. The number of hydrogen-bond donors (Lipinski definition) is 4. The van der Waals surface area contributed by atoms with Crippen LogP contribution in [0.4, 0.5) is 18.0 Å². The summed E-state index contributed by atoms with van der Waals surface area (Å²) < 4.78 is 39.6. The molecule has 2 unspecified atom stereocenters. The standard InChI is InChI=1S/C39H53F3N6O6/c1-9-11-16-28(32(49)34(51)43-18-10-2)44-33(50)31-27(23(3)4)17-19-48(31)35(52)30(26-20-24-14-12-13-15-25(24)21-26)46-37(54)45-29(38(5,6)7)22-47(8)36(53)39(40,41)42/h1,10,12-15,23,26-31H,2,11,16-22H2,3-8H3,(H,43,51)(H,44,50)(H2,45,46,54)/t27?,28?,29-,30+,31+/m1/s1. The number of benzene rings is 1. The normalized spacial score (nSPS) is 18.8. The molecule has 54 heavy (non-hydrogen) atoms. The van der Waals surface area contributed by atoms with Gasteiger partial charge in [0, 0.05) is 33.1 Å². The minimum atomic E-state index is -5.10. The van der Waals surface area contributed by atoms with Gasteiger partial charge in [0.05, 0.1) is 12.1 Å². The number of amides is 6. The van der Waals surface area contributed by atoms with Crippen LogP contribution in [0.15, 0.2) is 36.9 Å². The second-order valence-electron chi connectivity index (χ2n) is 15.5. The van der Waals surface area contributed by atoms with Gasteiger partial charge in [-0.3, -0.25) is 24.0 Å². The fraction of sp³-hybridized carbons (Fsp3) is 0.590. The molecule has 296 valence electrons. The lowest BCUT2D eigenvalue weighted by atomic mass is 9.86. The van der Waals surface area contributed by atoms with Crippen molar-refractivity contribution in [2.75, 3.05) is 26.7 Å². The molecule has 1 aromatic rings. The molecule has 0 bridgehead atoms. The average molecular weight is 759 g/mol. The largest absolute Gasteiger partial charge is 0.471 e. The van der Waals surface area contributed by atoms with Crippen LogP contribution in [0.3, 0.4) is 0 Å². The first-order valence-electron chi connectivity index (χ1n) is 18.1. The summed E-state index contributed by atoms with van der Waals surface area (Å²) in [7, 11) is 0.998. The van der Waals surface area contributed by atoms with Gasteiger partial charge in [-0.15, -0.1) is 18.9 Å². The van der Waals surface area contributed by atoms with E-state index in [1.807, 2.05) is 38.1 Å². The molecular weight excluding hydrogens is 705 g/mol. The maximum Gasteiger partial charge on any atom is 0.471 e. The first-order valence-corrected chi connectivity index (χ1v) is 18.1. The second-order valence-corrected chi connectivity index (χ2v) is 15.5. The van der Waals surface area contributed by atoms with E-state index in [0.717, 1.165) is 18.2 Å². The highest BCUT2D eigenvalue weighted by Crippen LogP contribution is 2.35. The molecule has 1 aliphatic carbocycles. The van der Waals surface area contributed by atoms with Crippen molar-refractivity contribution in [1.82, 2.24) is 31.1 Å². The number of ketones is 1. The lowest BCUT2D eigenvalue weighted by Crippen LogP contribution is -2.61. The quantitative estimate of drug-likeness (QED) is 0.122. The molecule has 0 saturated carbocycles. The summed E-state index contributed by atoms with van der Waals surface area (Å²) in [4.78, 5) is 82.2. The number of Topliss-reactive ketones (excluding diaryl/α,β-unsaturated/α-hetero) is 1. The zero-order valence-electron chi connectivity index (χ0n) is 31.8. The minimum absolute atomic E-state index is 0.0149. The first kappa shape index (κ1) is 43.5. The molecule has 3 rings (SSSR count). The number of fused-ring (bicyclic) bond motifs is 1. The van der Waals surface area contributed by atoms with Crippen molar-refractivity contribution in [3.63, 3.8) is 0 Å². The molecule has 0 aromatic heterocycles. The smallest absolute Gasteiger partial charge is 0.346 e. The minimum Gasteiger partial charge on any atom is -0.346 e. The number of likely N-dealkylation sites (N-methyl/N-ethyl adjacent to an activating group) is 1. The summed E-state index contributed by atoms with van der Waals surface area (Å²) in [5.41, 5.74) is 1.17. The second kappa shape index (κ2) is 18.4. The molecule has 1 aliphatic heterocycles. The van der Waals surface area contributed by atoms with Crippen molar-refractivity contribution in [3.8, 4) is 12.3 Å². The molecule has 2 aliphatic rings. The summed E-state index contributed by atoms with van der Waals surface area (Å²) in [5.74, 6) is -3.51. The van der Waals surface area contributed by atoms with Crippen LogP contribution in [-0.4, -0.2) is 102 Å². The van der Waals surface area contributed by atoms with Gasteiger partial charge in [0.15, 0.2) is 0 Å². The van der Waals surface area contributed by atoms with E-state index in [9.17, 15) is 41.9 Å². The Bertz CT molecular complexity index is 1590. The molecule has 4 N–H and O–H groups in total. The lowest BCUT2D eigenvalue weighted by molar-refractivity contribution is -0.184. The van der Waals surface area contributed by atoms with Crippen LogP contribution in [0.25, 0.3) is 0 Å². The fourth-order valence-corrected chi connectivity index (χ4v) is 7.10. The van der Waals surface area contributed by atoms with E-state index in [2.05, 4.69) is 33.8 Å². The van der Waals surface area contributed by atoms with Crippen LogP contribution in [0, 0.1) is 35.5 Å². The summed E-state index contributed by atoms with van der Waals surface area (Å²) in [5, 5.41) is 10.6. The Morgan fingerprint density at radius 3 is 2.17 bits per heavy atom. The summed E-state index contributed by atoms with van der Waals surface area (Å²) >= 11 is 0. The van der Waals surface area contributed by atoms with Crippen molar-refractivity contribution in [2.45, 2.75) is 97.1 Å². The molecule has 1 saturated heterocycles. The molecule has 0 radical (unpaired) electrons. The summed E-state index contributed by atoms with van der Waals surface area (Å²) in [6.07, 6.45) is 3.12. The molecule has 1 heterocycles. The number of nitrogens with zero attached hydrogens (tertiary/aromatic N) is 2. The van der Waals surface area contributed by atoms with Crippen molar-refractivity contribution in [1.29, 1.82) is 0 Å². The Labute approximate surface area is 315 Å². The van der Waals surface area contributed by atoms with Gasteiger partial charge in [0.2, 0.25) is 17.6 Å². The van der Waals surface area contributed by atoms with E-state index in [1.54, 1.807) is 20.8 Å². The number of halogens is 3. The highest BCUT2D eigenvalue weighted by atomic mass is 19.4. The number of alkyl halides is 3. The van der Waals surface area contributed by atoms with Crippen LogP contribution in [0.2, 0.25) is 0 Å². The Kier molecular flexibility index (Phi) is 14.9. The van der Waals surface area contributed by atoms with Gasteiger partial charge >= 0.3 is 18.1 Å². The highest BCUT2D eigenvalue weighted by molar-refractivity contribution is 6.38. The van der Waals surface area contributed by atoms with E-state index < -0.39 is 83.7 Å². The third-order valence-electron chi connectivity index (χ3n) is 10.2. The van der Waals surface area contributed by atoms with Gasteiger partial charge in [-0.2, -0.15) is 13.2 Å². The van der Waals surface area contributed by atoms with E-state index >= 15 is 0 Å². The lowest BCUT2D eigenvalue weighted by Gasteiger charge is -2.37. The predicted molar refractivity (Wildman–Crippen MR) is 196 cm³/mol. The van der Waals surface area contributed by atoms with E-state index in [-0.39, 0.29) is 37.8 Å². The van der Waals surface area contributed by atoms with Crippen molar-refractivity contribution >= 4 is 35.4 Å². The summed E-state index contributed by atoms with van der Waals surface area (Å²) in [6.45, 7) is 12.2. The van der Waals surface area contributed by atoms with Gasteiger partial charge in [-0.05, 0) is 60.0 Å². The molecule has 6 amide bonds. The van der Waals surface area contributed by atoms with Crippen molar-refractivity contribution in [2.24, 2.45) is 23.2 Å². The first-order chi connectivity index (χ1) is 25.2. The third kappa shape index (κ3) is 11.1. The number of rotatable bonds is 15. The van der Waals surface area contributed by atoms with Crippen LogP contribution < -0.4 is 21.3 Å². The van der Waals surface area contributed by atoms with Crippen molar-refractivity contribution in [3.05, 3.63) is 48.0 Å². The zero-order chi connectivity index (χ0) is 40.5. The number of carbonyl (C=O) groups excluding carboxylic acids is 6. The third-order valence-corrected chi connectivity index (χ3v) is 10.2. The number of likely N-dealkylation sites (tertiary alicyclic amines) is 1. The Hall–Kier alpha value is -4.87. The Morgan fingerprint density at radius 1 is 1.04 bits per heavy atom. The van der Waals surface area contributed by atoms with Crippen LogP contribution in [0.1, 0.15) is 65.0 Å². The average Bonchev–Trinajstić information content (AvgIpc) is 3.74. The topological polar surface area (TPSA) is 157 Å². The zero-order valence-corrected chi connectivity index (χ0v) is 31.8. The molecule has 0 spiro atoms. The predicted octanol–water partition coefficient (Wildman–Crippen LogP) is 3.15.